The highest BCUT2D eigenvalue weighted by Gasteiger charge is 2.40. The van der Waals surface area contributed by atoms with E-state index in [1.54, 1.807) is 18.2 Å². The number of rotatable bonds is 4. The molecule has 0 radical (unpaired) electrons. The van der Waals surface area contributed by atoms with Crippen LogP contribution in [0.4, 0.5) is 10.5 Å². The van der Waals surface area contributed by atoms with Gasteiger partial charge in [0.1, 0.15) is 0 Å². The van der Waals surface area contributed by atoms with Crippen molar-refractivity contribution in [2.75, 3.05) is 5.32 Å². The molecule has 4 rings (SSSR count). The lowest BCUT2D eigenvalue weighted by atomic mass is 9.94. The lowest BCUT2D eigenvalue weighted by molar-refractivity contribution is 0.0549. The molecule has 0 bridgehead atoms. The third kappa shape index (κ3) is 3.88. The summed E-state index contributed by atoms with van der Waals surface area (Å²) in [5, 5.41) is 5.58. The molecule has 0 unspecified atom stereocenters. The van der Waals surface area contributed by atoms with Gasteiger partial charge < -0.3 is 10.6 Å². The monoisotopic (exact) mass is 391 g/mol. The average Bonchev–Trinajstić information content (AvgIpc) is 2.98. The Bertz CT molecular complexity index is 964. The number of nitrogens with zero attached hydrogens (tertiary/aromatic N) is 1. The first-order valence-corrected chi connectivity index (χ1v) is 10.2. The largest absolute Gasteiger partial charge is 0.334 e. The smallest absolute Gasteiger partial charge is 0.319 e. The van der Waals surface area contributed by atoms with E-state index in [1.165, 1.54) is 4.90 Å². The maximum absolute atomic E-state index is 12.9. The summed E-state index contributed by atoms with van der Waals surface area (Å²) in [5.74, 6) is -0.465. The van der Waals surface area contributed by atoms with Gasteiger partial charge in [0.25, 0.3) is 11.8 Å². The normalized spacial score (nSPS) is 16.7. The standard InChI is InChI=1S/C23H25N3O3/c1-15-7-5-6-8-16(15)14-24-23(29)25-17-11-12-19-20(13-17)22(28)26(21(19)27)18-9-3-2-4-10-18/h5-8,11-13,18H,2-4,9-10,14H2,1H3,(H2,24,25,29). The van der Waals surface area contributed by atoms with Gasteiger partial charge >= 0.3 is 6.03 Å². The van der Waals surface area contributed by atoms with E-state index in [4.69, 9.17) is 0 Å². The molecule has 0 atom stereocenters. The van der Waals surface area contributed by atoms with Crippen molar-refractivity contribution in [1.82, 2.24) is 10.2 Å². The SMILES string of the molecule is Cc1ccccc1CNC(=O)Nc1ccc2c(c1)C(=O)N(C1CCCCC1)C2=O. The quantitative estimate of drug-likeness (QED) is 0.765. The number of hydrogen-bond acceptors (Lipinski definition) is 3. The predicted molar refractivity (Wildman–Crippen MR) is 111 cm³/mol. The molecule has 1 aliphatic carbocycles. The fourth-order valence-corrected chi connectivity index (χ4v) is 4.17. The first-order valence-electron chi connectivity index (χ1n) is 10.2. The highest BCUT2D eigenvalue weighted by atomic mass is 16.2. The van der Waals surface area contributed by atoms with Crippen LogP contribution in [0.1, 0.15) is 63.9 Å². The Hall–Kier alpha value is -3.15. The second kappa shape index (κ2) is 8.07. The van der Waals surface area contributed by atoms with E-state index in [2.05, 4.69) is 10.6 Å². The van der Waals surface area contributed by atoms with Crippen LogP contribution in [-0.4, -0.2) is 28.8 Å². The number of aryl methyl sites for hydroxylation is 1. The predicted octanol–water partition coefficient (Wildman–Crippen LogP) is 4.25. The molecule has 1 heterocycles. The number of amides is 4. The number of fused-ring (bicyclic) bond motifs is 1. The zero-order valence-electron chi connectivity index (χ0n) is 16.5. The molecule has 2 N–H and O–H groups in total. The lowest BCUT2D eigenvalue weighted by Crippen LogP contribution is -2.40. The van der Waals surface area contributed by atoms with Gasteiger partial charge in [-0.1, -0.05) is 43.5 Å². The number of carbonyl (C=O) groups excluding carboxylic acids is 3. The van der Waals surface area contributed by atoms with E-state index in [0.717, 1.165) is 43.2 Å². The van der Waals surface area contributed by atoms with Crippen LogP contribution in [0.2, 0.25) is 0 Å². The molecular weight excluding hydrogens is 366 g/mol. The number of anilines is 1. The summed E-state index contributed by atoms with van der Waals surface area (Å²) in [6, 6.07) is 12.4. The van der Waals surface area contributed by atoms with Gasteiger partial charge in [-0.3, -0.25) is 14.5 Å². The second-order valence-electron chi connectivity index (χ2n) is 7.77. The van der Waals surface area contributed by atoms with Crippen molar-refractivity contribution < 1.29 is 14.4 Å². The zero-order valence-corrected chi connectivity index (χ0v) is 16.5. The van der Waals surface area contributed by atoms with Crippen LogP contribution in [0.3, 0.4) is 0 Å². The van der Waals surface area contributed by atoms with Gasteiger partial charge in [-0.05, 0) is 49.1 Å². The molecule has 1 saturated carbocycles. The fraction of sp³-hybridized carbons (Fsp3) is 0.348. The van der Waals surface area contributed by atoms with Gasteiger partial charge in [0.2, 0.25) is 0 Å². The topological polar surface area (TPSA) is 78.5 Å². The van der Waals surface area contributed by atoms with Gasteiger partial charge in [0, 0.05) is 18.3 Å². The van der Waals surface area contributed by atoms with E-state index >= 15 is 0 Å². The molecule has 1 aliphatic heterocycles. The van der Waals surface area contributed by atoms with Crippen molar-refractivity contribution in [3.05, 3.63) is 64.7 Å². The summed E-state index contributed by atoms with van der Waals surface area (Å²) in [4.78, 5) is 39.3. The summed E-state index contributed by atoms with van der Waals surface area (Å²) in [5.41, 5.74) is 3.44. The minimum atomic E-state index is -0.353. The number of carbonyl (C=O) groups is 3. The van der Waals surface area contributed by atoms with Crippen molar-refractivity contribution in [3.63, 3.8) is 0 Å². The number of benzene rings is 2. The summed E-state index contributed by atoms with van der Waals surface area (Å²) in [6.45, 7) is 2.41. The second-order valence-corrected chi connectivity index (χ2v) is 7.77. The van der Waals surface area contributed by atoms with Crippen LogP contribution in [0.5, 0.6) is 0 Å². The van der Waals surface area contributed by atoms with Crippen molar-refractivity contribution in [2.45, 2.75) is 51.6 Å². The summed E-state index contributed by atoms with van der Waals surface area (Å²) in [6.07, 6.45) is 5.00. The maximum Gasteiger partial charge on any atom is 0.319 e. The highest BCUT2D eigenvalue weighted by molar-refractivity contribution is 6.22. The van der Waals surface area contributed by atoms with Crippen LogP contribution in [-0.2, 0) is 6.54 Å². The van der Waals surface area contributed by atoms with Crippen molar-refractivity contribution in [2.24, 2.45) is 0 Å². The first-order chi connectivity index (χ1) is 14.0. The number of nitrogens with one attached hydrogen (secondary N) is 2. The third-order valence-corrected chi connectivity index (χ3v) is 5.82. The molecule has 2 aromatic carbocycles. The molecule has 2 aliphatic rings. The molecule has 2 aromatic rings. The van der Waals surface area contributed by atoms with Crippen LogP contribution in [0.15, 0.2) is 42.5 Å². The van der Waals surface area contributed by atoms with Crippen LogP contribution < -0.4 is 10.6 Å². The van der Waals surface area contributed by atoms with Crippen LogP contribution in [0.25, 0.3) is 0 Å². The first kappa shape index (κ1) is 19.2. The van der Waals surface area contributed by atoms with Crippen molar-refractivity contribution in [3.8, 4) is 0 Å². The molecular formula is C23H25N3O3. The van der Waals surface area contributed by atoms with Crippen LogP contribution >= 0.6 is 0 Å². The van der Waals surface area contributed by atoms with E-state index in [1.807, 2.05) is 31.2 Å². The van der Waals surface area contributed by atoms with E-state index in [0.29, 0.717) is 23.4 Å². The Kier molecular flexibility index (Phi) is 5.34. The number of urea groups is 1. The Morgan fingerprint density at radius 3 is 2.48 bits per heavy atom. The minimum Gasteiger partial charge on any atom is -0.334 e. The minimum absolute atomic E-state index is 0.00929. The zero-order chi connectivity index (χ0) is 20.4. The molecule has 29 heavy (non-hydrogen) atoms. The fourth-order valence-electron chi connectivity index (χ4n) is 4.17. The summed E-state index contributed by atoms with van der Waals surface area (Å²) in [7, 11) is 0. The van der Waals surface area contributed by atoms with E-state index in [9.17, 15) is 14.4 Å². The summed E-state index contributed by atoms with van der Waals surface area (Å²) < 4.78 is 0. The van der Waals surface area contributed by atoms with Gasteiger partial charge in [0.15, 0.2) is 0 Å². The molecule has 1 fully saturated rings. The van der Waals surface area contributed by atoms with Gasteiger partial charge in [-0.15, -0.1) is 0 Å². The Morgan fingerprint density at radius 2 is 1.72 bits per heavy atom. The maximum atomic E-state index is 12.9. The summed E-state index contributed by atoms with van der Waals surface area (Å²) >= 11 is 0. The van der Waals surface area contributed by atoms with Crippen molar-refractivity contribution in [1.29, 1.82) is 0 Å². The third-order valence-electron chi connectivity index (χ3n) is 5.82. The molecule has 6 heteroatoms. The highest BCUT2D eigenvalue weighted by Crippen LogP contribution is 2.32. The van der Waals surface area contributed by atoms with Gasteiger partial charge in [-0.25, -0.2) is 4.79 Å². The molecule has 4 amide bonds. The van der Waals surface area contributed by atoms with E-state index < -0.39 is 0 Å². The van der Waals surface area contributed by atoms with E-state index in [-0.39, 0.29) is 23.9 Å². The molecule has 0 aromatic heterocycles. The van der Waals surface area contributed by atoms with Gasteiger partial charge in [-0.2, -0.15) is 0 Å². The molecule has 0 saturated heterocycles. The number of hydrogen-bond donors (Lipinski definition) is 2. The molecule has 6 nitrogen and oxygen atoms in total. The lowest BCUT2D eigenvalue weighted by Gasteiger charge is -2.29. The Labute approximate surface area is 170 Å². The van der Waals surface area contributed by atoms with Gasteiger partial charge in [0.05, 0.1) is 11.1 Å². The Balaban J connectivity index is 1.43. The van der Waals surface area contributed by atoms with Crippen LogP contribution in [0, 0.1) is 6.92 Å². The number of imide groups is 1. The molecule has 0 spiro atoms. The Morgan fingerprint density at radius 1 is 1.00 bits per heavy atom. The average molecular weight is 391 g/mol. The van der Waals surface area contributed by atoms with Crippen molar-refractivity contribution >= 4 is 23.5 Å². The molecule has 150 valence electrons.